The van der Waals surface area contributed by atoms with Crippen LogP contribution in [0.1, 0.15) is 6.92 Å². The maximum Gasteiger partial charge on any atom is 0.241 e. The predicted octanol–water partition coefficient (Wildman–Crippen LogP) is 4.00. The molecule has 2 N–H and O–H groups in total. The van der Waals surface area contributed by atoms with Gasteiger partial charge in [0.25, 0.3) is 0 Å². The molecule has 2 aromatic heterocycles. The van der Waals surface area contributed by atoms with Crippen molar-refractivity contribution in [3.63, 3.8) is 0 Å². The predicted molar refractivity (Wildman–Crippen MR) is 101 cm³/mol. The van der Waals surface area contributed by atoms with E-state index in [1.165, 1.54) is 14.2 Å². The van der Waals surface area contributed by atoms with E-state index in [-0.39, 0.29) is 5.95 Å². The summed E-state index contributed by atoms with van der Waals surface area (Å²) >= 11 is 13.0. The highest BCUT2D eigenvalue weighted by Crippen LogP contribution is 2.46. The Morgan fingerprint density at radius 1 is 1.04 bits per heavy atom. The average molecular weight is 395 g/mol. The van der Waals surface area contributed by atoms with Crippen molar-refractivity contribution in [2.45, 2.75) is 6.92 Å². The molecule has 1 aromatic carbocycles. The van der Waals surface area contributed by atoms with Crippen LogP contribution in [0.3, 0.4) is 0 Å². The largest absolute Gasteiger partial charge is 0.495 e. The first-order valence-electron chi connectivity index (χ1n) is 7.66. The molecule has 0 amide bonds. The number of hydrogen-bond donors (Lipinski definition) is 1. The van der Waals surface area contributed by atoms with E-state index in [9.17, 15) is 0 Å². The van der Waals surface area contributed by atoms with Gasteiger partial charge < -0.3 is 19.9 Å². The summed E-state index contributed by atoms with van der Waals surface area (Å²) in [5.41, 5.74) is 7.12. The van der Waals surface area contributed by atoms with Gasteiger partial charge in [-0.15, -0.1) is 0 Å². The Bertz CT molecular complexity index is 954. The van der Waals surface area contributed by atoms with Crippen LogP contribution in [0.5, 0.6) is 17.4 Å². The van der Waals surface area contributed by atoms with Gasteiger partial charge in [0.1, 0.15) is 17.0 Å². The van der Waals surface area contributed by atoms with Crippen molar-refractivity contribution >= 4 is 40.1 Å². The first kappa shape index (κ1) is 18.3. The summed E-state index contributed by atoms with van der Waals surface area (Å²) < 4.78 is 16.3. The minimum atomic E-state index is 0.132. The van der Waals surface area contributed by atoms with Gasteiger partial charge in [-0.05, 0) is 13.0 Å². The van der Waals surface area contributed by atoms with E-state index in [0.717, 1.165) is 0 Å². The number of benzene rings is 1. The van der Waals surface area contributed by atoms with Crippen molar-refractivity contribution in [1.29, 1.82) is 0 Å². The highest BCUT2D eigenvalue weighted by Gasteiger charge is 2.21. The highest BCUT2D eigenvalue weighted by molar-refractivity contribution is 6.41. The molecule has 0 bridgehead atoms. The lowest BCUT2D eigenvalue weighted by Gasteiger charge is -2.15. The van der Waals surface area contributed by atoms with Gasteiger partial charge in [-0.3, -0.25) is 0 Å². The minimum absolute atomic E-state index is 0.132. The van der Waals surface area contributed by atoms with Crippen molar-refractivity contribution in [3.8, 4) is 28.6 Å². The summed E-state index contributed by atoms with van der Waals surface area (Å²) in [6, 6.07) is 3.37. The van der Waals surface area contributed by atoms with Gasteiger partial charge in [0.05, 0.1) is 36.6 Å². The fourth-order valence-corrected chi connectivity index (χ4v) is 3.19. The monoisotopic (exact) mass is 394 g/mol. The molecule has 3 rings (SSSR count). The number of nitrogens with zero attached hydrogens (tertiary/aromatic N) is 3. The molecule has 0 aliphatic carbocycles. The van der Waals surface area contributed by atoms with Crippen LogP contribution in [0.15, 0.2) is 18.3 Å². The van der Waals surface area contributed by atoms with Crippen LogP contribution in [0.2, 0.25) is 10.0 Å². The minimum Gasteiger partial charge on any atom is -0.495 e. The van der Waals surface area contributed by atoms with Crippen molar-refractivity contribution in [1.82, 2.24) is 15.0 Å². The molecular formula is C17H16Cl2N4O3. The van der Waals surface area contributed by atoms with E-state index in [1.807, 2.05) is 6.92 Å². The van der Waals surface area contributed by atoms with E-state index in [0.29, 0.717) is 56.2 Å². The normalized spacial score (nSPS) is 10.8. The van der Waals surface area contributed by atoms with Crippen molar-refractivity contribution in [2.24, 2.45) is 0 Å². The van der Waals surface area contributed by atoms with Crippen LogP contribution in [0.25, 0.3) is 22.2 Å². The number of nitrogen functional groups attached to an aromatic ring is 1. The van der Waals surface area contributed by atoms with E-state index in [2.05, 4.69) is 15.0 Å². The van der Waals surface area contributed by atoms with Gasteiger partial charge >= 0.3 is 0 Å². The molecule has 0 saturated heterocycles. The third-order valence-electron chi connectivity index (χ3n) is 3.66. The summed E-state index contributed by atoms with van der Waals surface area (Å²) in [6.07, 6.45) is 1.59. The van der Waals surface area contributed by atoms with Crippen LogP contribution in [0.4, 0.5) is 5.95 Å². The number of rotatable bonds is 5. The van der Waals surface area contributed by atoms with Gasteiger partial charge in [-0.1, -0.05) is 23.2 Å². The van der Waals surface area contributed by atoms with Gasteiger partial charge in [0.15, 0.2) is 0 Å². The summed E-state index contributed by atoms with van der Waals surface area (Å²) in [7, 11) is 3.02. The average Bonchev–Trinajstić information content (AvgIpc) is 2.63. The maximum atomic E-state index is 6.49. The molecule has 0 spiro atoms. The van der Waals surface area contributed by atoms with Crippen LogP contribution in [-0.2, 0) is 0 Å². The van der Waals surface area contributed by atoms with E-state index in [4.69, 9.17) is 43.1 Å². The second-order valence-corrected chi connectivity index (χ2v) is 5.95. The zero-order valence-electron chi connectivity index (χ0n) is 14.3. The fourth-order valence-electron chi connectivity index (χ4n) is 2.50. The number of hydrogen-bond acceptors (Lipinski definition) is 7. The Morgan fingerprint density at radius 2 is 1.69 bits per heavy atom. The van der Waals surface area contributed by atoms with Crippen molar-refractivity contribution < 1.29 is 14.2 Å². The number of ether oxygens (including phenoxy) is 3. The molecular weight excluding hydrogens is 379 g/mol. The first-order valence-corrected chi connectivity index (χ1v) is 8.42. The summed E-state index contributed by atoms with van der Waals surface area (Å²) in [5, 5.41) is 1.30. The van der Waals surface area contributed by atoms with E-state index >= 15 is 0 Å². The number of aromatic nitrogens is 3. The molecule has 0 atom stereocenters. The van der Waals surface area contributed by atoms with Crippen LogP contribution < -0.4 is 19.9 Å². The Labute approximate surface area is 160 Å². The van der Waals surface area contributed by atoms with E-state index in [1.54, 1.807) is 18.3 Å². The molecule has 0 fully saturated rings. The second kappa shape index (κ2) is 7.39. The zero-order valence-corrected chi connectivity index (χ0v) is 15.9. The van der Waals surface area contributed by atoms with Crippen LogP contribution in [-0.4, -0.2) is 35.8 Å². The highest BCUT2D eigenvalue weighted by atomic mass is 35.5. The van der Waals surface area contributed by atoms with E-state index < -0.39 is 0 Å². The first-order chi connectivity index (χ1) is 12.5. The smallest absolute Gasteiger partial charge is 0.241 e. The molecule has 7 nitrogen and oxygen atoms in total. The molecule has 0 unspecified atom stereocenters. The van der Waals surface area contributed by atoms with Crippen LogP contribution >= 0.6 is 23.2 Å². The molecule has 9 heteroatoms. The third kappa shape index (κ3) is 3.15. The molecule has 0 aliphatic rings. The summed E-state index contributed by atoms with van der Waals surface area (Å²) in [4.78, 5) is 12.8. The SMILES string of the molecule is CCOc1nc(-c2c(Cl)c(OC)cc(OC)c2Cl)cc2cnc(N)nc12. The maximum absolute atomic E-state index is 6.49. The number of nitrogens with two attached hydrogens (primary N) is 1. The van der Waals surface area contributed by atoms with Gasteiger partial charge in [0.2, 0.25) is 11.8 Å². The van der Waals surface area contributed by atoms with Crippen molar-refractivity contribution in [3.05, 3.63) is 28.4 Å². The van der Waals surface area contributed by atoms with Gasteiger partial charge in [-0.25, -0.2) is 15.0 Å². The van der Waals surface area contributed by atoms with Crippen molar-refractivity contribution in [2.75, 3.05) is 26.6 Å². The van der Waals surface area contributed by atoms with Gasteiger partial charge in [0, 0.05) is 23.2 Å². The number of pyridine rings is 1. The zero-order chi connectivity index (χ0) is 18.8. The quantitative estimate of drug-likeness (QED) is 0.698. The lowest BCUT2D eigenvalue weighted by Crippen LogP contribution is -2.02. The molecule has 0 saturated carbocycles. The summed E-state index contributed by atoms with van der Waals surface area (Å²) in [6.45, 7) is 2.25. The number of halogens is 2. The summed E-state index contributed by atoms with van der Waals surface area (Å²) in [5.74, 6) is 1.27. The number of fused-ring (bicyclic) bond motifs is 1. The molecule has 2 heterocycles. The lowest BCUT2D eigenvalue weighted by atomic mass is 10.1. The lowest BCUT2D eigenvalue weighted by molar-refractivity contribution is 0.331. The fraction of sp³-hybridized carbons (Fsp3) is 0.235. The molecule has 26 heavy (non-hydrogen) atoms. The molecule has 3 aromatic rings. The molecule has 0 radical (unpaired) electrons. The molecule has 136 valence electrons. The third-order valence-corrected chi connectivity index (χ3v) is 4.41. The molecule has 0 aliphatic heterocycles. The number of anilines is 1. The second-order valence-electron chi connectivity index (χ2n) is 5.20. The Morgan fingerprint density at radius 3 is 2.27 bits per heavy atom. The Hall–Kier alpha value is -2.51. The standard InChI is InChI=1S/C17H16Cl2N4O3/c1-4-26-16-15-8(7-21-17(20)23-15)5-9(22-16)12-13(18)10(24-2)6-11(25-3)14(12)19/h5-7H,4H2,1-3H3,(H2,20,21,23). The topological polar surface area (TPSA) is 92.4 Å². The van der Waals surface area contributed by atoms with Gasteiger partial charge in [-0.2, -0.15) is 0 Å². The Kier molecular flexibility index (Phi) is 5.20. The number of methoxy groups -OCH3 is 2. The Balaban J connectivity index is 2.34. The van der Waals surface area contributed by atoms with Crippen LogP contribution in [0, 0.1) is 0 Å².